The van der Waals surface area contributed by atoms with Crippen molar-refractivity contribution in [3.63, 3.8) is 0 Å². The summed E-state index contributed by atoms with van der Waals surface area (Å²) in [5.41, 5.74) is 1.20. The predicted octanol–water partition coefficient (Wildman–Crippen LogP) is 2.53. The van der Waals surface area contributed by atoms with Crippen molar-refractivity contribution in [1.29, 1.82) is 0 Å². The summed E-state index contributed by atoms with van der Waals surface area (Å²) in [6.45, 7) is 5.42. The number of aromatic nitrogens is 2. The van der Waals surface area contributed by atoms with Gasteiger partial charge in [-0.15, -0.1) is 0 Å². The molecule has 1 aromatic heterocycles. The second-order valence-electron chi connectivity index (χ2n) is 4.30. The molecule has 6 heteroatoms. The van der Waals surface area contributed by atoms with Gasteiger partial charge in [-0.25, -0.2) is 4.68 Å². The molecule has 21 heavy (non-hydrogen) atoms. The monoisotopic (exact) mass is 289 g/mol. The van der Waals surface area contributed by atoms with Gasteiger partial charge in [-0.3, -0.25) is 4.79 Å². The van der Waals surface area contributed by atoms with Crippen LogP contribution in [0.2, 0.25) is 0 Å². The van der Waals surface area contributed by atoms with Crippen molar-refractivity contribution in [3.05, 3.63) is 42.2 Å². The maximum absolute atomic E-state index is 12.1. The molecule has 112 valence electrons. The summed E-state index contributed by atoms with van der Waals surface area (Å²) in [6.07, 6.45) is 3.31. The Kier molecular flexibility index (Phi) is 5.34. The van der Waals surface area contributed by atoms with Crippen LogP contribution in [0.25, 0.3) is 0 Å². The summed E-state index contributed by atoms with van der Waals surface area (Å²) >= 11 is 0. The van der Waals surface area contributed by atoms with E-state index in [0.717, 1.165) is 5.75 Å². The van der Waals surface area contributed by atoms with Crippen molar-refractivity contribution in [2.24, 2.45) is 0 Å². The van der Waals surface area contributed by atoms with Crippen LogP contribution in [0, 0.1) is 0 Å². The molecular formula is C15H19N3O3. The van der Waals surface area contributed by atoms with E-state index < -0.39 is 0 Å². The third-order valence-electron chi connectivity index (χ3n) is 2.75. The van der Waals surface area contributed by atoms with E-state index in [0.29, 0.717) is 31.2 Å². The summed E-state index contributed by atoms with van der Waals surface area (Å²) in [5.74, 6) is 0.563. The van der Waals surface area contributed by atoms with Crippen LogP contribution in [0.15, 0.2) is 36.7 Å². The minimum atomic E-state index is -0.186. The number of carbonyl (C=O) groups excluding carboxylic acids is 1. The average Bonchev–Trinajstić information content (AvgIpc) is 2.93. The molecule has 2 aromatic rings. The summed E-state index contributed by atoms with van der Waals surface area (Å²) < 4.78 is 12.2. The van der Waals surface area contributed by atoms with Crippen LogP contribution in [0.1, 0.15) is 24.2 Å². The van der Waals surface area contributed by atoms with Crippen molar-refractivity contribution >= 4 is 11.6 Å². The van der Waals surface area contributed by atoms with E-state index in [1.807, 2.05) is 13.8 Å². The highest BCUT2D eigenvalue weighted by molar-refractivity contribution is 6.04. The van der Waals surface area contributed by atoms with Gasteiger partial charge in [0.1, 0.15) is 12.5 Å². The molecular weight excluding hydrogens is 270 g/mol. The Labute approximate surface area is 123 Å². The number of carbonyl (C=O) groups is 1. The van der Waals surface area contributed by atoms with Gasteiger partial charge in [0.25, 0.3) is 5.91 Å². The summed E-state index contributed by atoms with van der Waals surface area (Å²) in [7, 11) is 0. The van der Waals surface area contributed by atoms with Crippen molar-refractivity contribution < 1.29 is 14.3 Å². The van der Waals surface area contributed by atoms with Gasteiger partial charge in [0.05, 0.1) is 24.7 Å². The molecule has 0 aliphatic carbocycles. The van der Waals surface area contributed by atoms with Gasteiger partial charge in [0.2, 0.25) is 0 Å². The van der Waals surface area contributed by atoms with Gasteiger partial charge in [-0.2, -0.15) is 5.10 Å². The number of anilines is 1. The summed E-state index contributed by atoms with van der Waals surface area (Å²) in [5, 5.41) is 6.88. The number of nitrogens with one attached hydrogen (secondary N) is 1. The molecule has 6 nitrogen and oxygen atoms in total. The smallest absolute Gasteiger partial charge is 0.255 e. The number of hydrogen-bond donors (Lipinski definition) is 1. The molecule has 2 rings (SSSR count). The third kappa shape index (κ3) is 4.32. The van der Waals surface area contributed by atoms with Crippen molar-refractivity contribution in [2.75, 3.05) is 18.5 Å². The molecule has 1 heterocycles. The molecule has 1 N–H and O–H groups in total. The lowest BCUT2D eigenvalue weighted by Crippen LogP contribution is -2.11. The zero-order valence-electron chi connectivity index (χ0n) is 12.2. The normalized spacial score (nSPS) is 10.4. The molecule has 0 saturated carbocycles. The Bertz CT molecular complexity index is 578. The minimum absolute atomic E-state index is 0.186. The molecule has 0 aliphatic heterocycles. The lowest BCUT2D eigenvalue weighted by molar-refractivity contribution is 0.0792. The standard InChI is InChI=1S/C15H19N3O3/c1-3-20-11-18-10-13(9-16-18)17-15(19)12-5-7-14(8-6-12)21-4-2/h5-10H,3-4,11H2,1-2H3,(H,17,19). The van der Waals surface area contributed by atoms with Crippen LogP contribution in [0.5, 0.6) is 5.75 Å². The molecule has 0 unspecified atom stereocenters. The highest BCUT2D eigenvalue weighted by Crippen LogP contribution is 2.14. The SMILES string of the molecule is CCOCn1cc(NC(=O)c2ccc(OCC)cc2)cn1. The molecule has 1 amide bonds. The van der Waals surface area contributed by atoms with Crippen LogP contribution in [0.4, 0.5) is 5.69 Å². The summed E-state index contributed by atoms with van der Waals surface area (Å²) in [4.78, 5) is 12.1. The van der Waals surface area contributed by atoms with Gasteiger partial charge >= 0.3 is 0 Å². The van der Waals surface area contributed by atoms with Crippen LogP contribution in [0.3, 0.4) is 0 Å². The Morgan fingerprint density at radius 1 is 1.24 bits per heavy atom. The number of amides is 1. The highest BCUT2D eigenvalue weighted by Gasteiger charge is 2.07. The van der Waals surface area contributed by atoms with Crippen LogP contribution in [-0.2, 0) is 11.5 Å². The second-order valence-corrected chi connectivity index (χ2v) is 4.30. The number of benzene rings is 1. The molecule has 0 fully saturated rings. The molecule has 0 saturated heterocycles. The molecule has 0 atom stereocenters. The zero-order chi connectivity index (χ0) is 15.1. The largest absolute Gasteiger partial charge is 0.494 e. The Morgan fingerprint density at radius 3 is 2.67 bits per heavy atom. The van der Waals surface area contributed by atoms with Crippen LogP contribution in [-0.4, -0.2) is 28.9 Å². The molecule has 0 radical (unpaired) electrons. The molecule has 1 aromatic carbocycles. The fraction of sp³-hybridized carbons (Fsp3) is 0.333. The number of hydrogen-bond acceptors (Lipinski definition) is 4. The quantitative estimate of drug-likeness (QED) is 0.850. The van der Waals surface area contributed by atoms with Gasteiger partial charge in [0.15, 0.2) is 0 Å². The molecule has 0 spiro atoms. The second kappa shape index (κ2) is 7.44. The lowest BCUT2D eigenvalue weighted by atomic mass is 10.2. The first kappa shape index (κ1) is 15.1. The van der Waals surface area contributed by atoms with Gasteiger partial charge < -0.3 is 14.8 Å². The van der Waals surface area contributed by atoms with Crippen molar-refractivity contribution in [2.45, 2.75) is 20.6 Å². The van der Waals surface area contributed by atoms with Gasteiger partial charge in [-0.1, -0.05) is 0 Å². The van der Waals surface area contributed by atoms with E-state index >= 15 is 0 Å². The number of ether oxygens (including phenoxy) is 2. The van der Waals surface area contributed by atoms with Crippen molar-refractivity contribution in [3.8, 4) is 5.75 Å². The number of nitrogens with zero attached hydrogens (tertiary/aromatic N) is 2. The third-order valence-corrected chi connectivity index (χ3v) is 2.75. The Hall–Kier alpha value is -2.34. The lowest BCUT2D eigenvalue weighted by Gasteiger charge is -2.05. The Balaban J connectivity index is 1.95. The van der Waals surface area contributed by atoms with Crippen LogP contribution < -0.4 is 10.1 Å². The summed E-state index contributed by atoms with van der Waals surface area (Å²) in [6, 6.07) is 7.00. The molecule has 0 aliphatic rings. The van der Waals surface area contributed by atoms with E-state index in [9.17, 15) is 4.79 Å². The van der Waals surface area contributed by atoms with Crippen molar-refractivity contribution in [1.82, 2.24) is 9.78 Å². The fourth-order valence-electron chi connectivity index (χ4n) is 1.76. The first-order valence-corrected chi connectivity index (χ1v) is 6.87. The average molecular weight is 289 g/mol. The van der Waals surface area contributed by atoms with E-state index in [2.05, 4.69) is 10.4 Å². The van der Waals surface area contributed by atoms with E-state index in [1.54, 1.807) is 41.3 Å². The number of rotatable bonds is 7. The highest BCUT2D eigenvalue weighted by atomic mass is 16.5. The maximum Gasteiger partial charge on any atom is 0.255 e. The van der Waals surface area contributed by atoms with Crippen LogP contribution >= 0.6 is 0 Å². The Morgan fingerprint density at radius 2 is 2.00 bits per heavy atom. The first-order valence-electron chi connectivity index (χ1n) is 6.87. The molecule has 0 bridgehead atoms. The topological polar surface area (TPSA) is 65.4 Å². The van der Waals surface area contributed by atoms with E-state index in [-0.39, 0.29) is 5.91 Å². The maximum atomic E-state index is 12.1. The first-order chi connectivity index (χ1) is 10.2. The zero-order valence-corrected chi connectivity index (χ0v) is 12.2. The van der Waals surface area contributed by atoms with E-state index in [1.165, 1.54) is 0 Å². The van der Waals surface area contributed by atoms with Gasteiger partial charge in [0, 0.05) is 12.2 Å². The fourth-order valence-corrected chi connectivity index (χ4v) is 1.76. The predicted molar refractivity (Wildman–Crippen MR) is 79.4 cm³/mol. The minimum Gasteiger partial charge on any atom is -0.494 e. The van der Waals surface area contributed by atoms with E-state index in [4.69, 9.17) is 9.47 Å². The van der Waals surface area contributed by atoms with Gasteiger partial charge in [-0.05, 0) is 38.1 Å².